The number of sulfonamides is 1. The van der Waals surface area contributed by atoms with Crippen molar-refractivity contribution in [2.24, 2.45) is 5.92 Å². The molecule has 0 aliphatic carbocycles. The number of carbonyl (C=O) groups is 1. The highest BCUT2D eigenvalue weighted by atomic mass is 79.9. The van der Waals surface area contributed by atoms with Gasteiger partial charge in [-0.3, -0.25) is 9.52 Å². The van der Waals surface area contributed by atoms with Gasteiger partial charge < -0.3 is 10.2 Å². The van der Waals surface area contributed by atoms with Crippen molar-refractivity contribution in [3.8, 4) is 0 Å². The number of hydrogen-bond acceptors (Lipinski definition) is 4. The fourth-order valence-corrected chi connectivity index (χ4v) is 4.22. The second kappa shape index (κ2) is 9.54. The first-order chi connectivity index (χ1) is 13.1. The van der Waals surface area contributed by atoms with E-state index >= 15 is 0 Å². The number of rotatable bonds is 8. The van der Waals surface area contributed by atoms with E-state index < -0.39 is 10.0 Å². The Morgan fingerprint density at radius 2 is 1.75 bits per heavy atom. The van der Waals surface area contributed by atoms with Gasteiger partial charge in [0.15, 0.2) is 0 Å². The third-order valence-electron chi connectivity index (χ3n) is 4.41. The number of hydrogen-bond donors (Lipinski definition) is 2. The van der Waals surface area contributed by atoms with Crippen LogP contribution < -0.4 is 10.0 Å². The smallest absolute Gasteiger partial charge is 0.261 e. The molecule has 0 saturated carbocycles. The van der Waals surface area contributed by atoms with Crippen LogP contribution in [0.15, 0.2) is 57.9 Å². The maximum atomic E-state index is 12.6. The summed E-state index contributed by atoms with van der Waals surface area (Å²) < 4.78 is 28.7. The lowest BCUT2D eigenvalue weighted by atomic mass is 10.0. The van der Waals surface area contributed by atoms with Gasteiger partial charge in [0.2, 0.25) is 0 Å². The quantitative estimate of drug-likeness (QED) is 0.621. The van der Waals surface area contributed by atoms with Crippen LogP contribution in [0.4, 0.5) is 5.69 Å². The molecule has 2 N–H and O–H groups in total. The SMILES string of the molecule is CC(C)[C@H](CNC(=O)c1cccc(S(=O)(=O)Nc2ccc(Br)cc2)c1)N(C)C. The van der Waals surface area contributed by atoms with Crippen molar-refractivity contribution in [1.82, 2.24) is 10.2 Å². The summed E-state index contributed by atoms with van der Waals surface area (Å²) in [5.74, 6) is 0.0744. The first-order valence-corrected chi connectivity index (χ1v) is 11.2. The molecule has 2 aromatic rings. The van der Waals surface area contributed by atoms with Crippen molar-refractivity contribution in [2.75, 3.05) is 25.4 Å². The predicted octanol–water partition coefficient (Wildman–Crippen LogP) is 3.57. The maximum absolute atomic E-state index is 12.6. The number of amides is 1. The number of nitrogens with zero attached hydrogens (tertiary/aromatic N) is 1. The van der Waals surface area contributed by atoms with E-state index in [0.717, 1.165) is 4.47 Å². The van der Waals surface area contributed by atoms with Crippen molar-refractivity contribution in [3.63, 3.8) is 0 Å². The van der Waals surface area contributed by atoms with E-state index in [0.29, 0.717) is 23.7 Å². The molecule has 0 unspecified atom stereocenters. The van der Waals surface area contributed by atoms with E-state index in [1.54, 1.807) is 36.4 Å². The Bertz CT molecular complexity index is 905. The summed E-state index contributed by atoms with van der Waals surface area (Å²) in [4.78, 5) is 14.6. The van der Waals surface area contributed by atoms with Gasteiger partial charge in [-0.25, -0.2) is 8.42 Å². The number of anilines is 1. The zero-order valence-electron chi connectivity index (χ0n) is 16.4. The van der Waals surface area contributed by atoms with Gasteiger partial charge in [0.1, 0.15) is 0 Å². The highest BCUT2D eigenvalue weighted by Gasteiger charge is 2.19. The molecule has 0 saturated heterocycles. The summed E-state index contributed by atoms with van der Waals surface area (Å²) >= 11 is 3.31. The van der Waals surface area contributed by atoms with Gasteiger partial charge in [-0.2, -0.15) is 0 Å². The van der Waals surface area contributed by atoms with Crippen LogP contribution in [0.1, 0.15) is 24.2 Å². The molecule has 0 fully saturated rings. The predicted molar refractivity (Wildman–Crippen MR) is 116 cm³/mol. The number of carbonyl (C=O) groups excluding carboxylic acids is 1. The molecule has 2 rings (SSSR count). The lowest BCUT2D eigenvalue weighted by molar-refractivity contribution is 0.0934. The average molecular weight is 468 g/mol. The number of benzene rings is 2. The Labute approximate surface area is 175 Å². The second-order valence-electron chi connectivity index (χ2n) is 7.13. The van der Waals surface area contributed by atoms with Crippen LogP contribution in [0, 0.1) is 5.92 Å². The van der Waals surface area contributed by atoms with Gasteiger partial charge in [0, 0.05) is 28.3 Å². The molecule has 1 amide bonds. The Kier molecular flexibility index (Phi) is 7.63. The van der Waals surface area contributed by atoms with Crippen LogP contribution in [0.2, 0.25) is 0 Å². The molecule has 28 heavy (non-hydrogen) atoms. The molecule has 1 atom stereocenters. The summed E-state index contributed by atoms with van der Waals surface area (Å²) in [6.45, 7) is 4.67. The van der Waals surface area contributed by atoms with Gasteiger partial charge >= 0.3 is 0 Å². The van der Waals surface area contributed by atoms with Crippen molar-refractivity contribution >= 4 is 37.5 Å². The molecule has 6 nitrogen and oxygen atoms in total. The van der Waals surface area contributed by atoms with Crippen LogP contribution in [0.25, 0.3) is 0 Å². The van der Waals surface area contributed by atoms with E-state index in [1.807, 2.05) is 14.1 Å². The van der Waals surface area contributed by atoms with Gasteiger partial charge in [0.25, 0.3) is 15.9 Å². The molecule has 0 heterocycles. The summed E-state index contributed by atoms with van der Waals surface area (Å²) in [7, 11) is 0.146. The molecule has 0 radical (unpaired) electrons. The largest absolute Gasteiger partial charge is 0.350 e. The minimum absolute atomic E-state index is 0.0380. The fourth-order valence-electron chi connectivity index (χ4n) is 2.85. The molecule has 0 spiro atoms. The molecule has 0 aliphatic heterocycles. The summed E-state index contributed by atoms with van der Waals surface area (Å²) in [5, 5.41) is 2.90. The zero-order chi connectivity index (χ0) is 20.9. The topological polar surface area (TPSA) is 78.5 Å². The molecule has 0 bridgehead atoms. The van der Waals surface area contributed by atoms with Crippen molar-refractivity contribution in [2.45, 2.75) is 24.8 Å². The van der Waals surface area contributed by atoms with Gasteiger partial charge in [-0.1, -0.05) is 35.8 Å². The van der Waals surface area contributed by atoms with Crippen molar-refractivity contribution < 1.29 is 13.2 Å². The highest BCUT2D eigenvalue weighted by molar-refractivity contribution is 9.10. The van der Waals surface area contributed by atoms with Crippen molar-refractivity contribution in [1.29, 1.82) is 0 Å². The lowest BCUT2D eigenvalue weighted by Gasteiger charge is -2.28. The lowest BCUT2D eigenvalue weighted by Crippen LogP contribution is -2.43. The van der Waals surface area contributed by atoms with E-state index in [9.17, 15) is 13.2 Å². The number of halogens is 1. The molecule has 0 aromatic heterocycles. The molecule has 8 heteroatoms. The molecular formula is C20H26BrN3O3S. The first kappa shape index (κ1) is 22.4. The Morgan fingerprint density at radius 1 is 1.11 bits per heavy atom. The summed E-state index contributed by atoms with van der Waals surface area (Å²) in [6.07, 6.45) is 0. The minimum Gasteiger partial charge on any atom is -0.350 e. The fraction of sp³-hybridized carbons (Fsp3) is 0.350. The van der Waals surface area contributed by atoms with E-state index in [4.69, 9.17) is 0 Å². The first-order valence-electron chi connectivity index (χ1n) is 8.93. The third kappa shape index (κ3) is 6.05. The van der Waals surface area contributed by atoms with Crippen LogP contribution in [-0.4, -0.2) is 45.9 Å². The Morgan fingerprint density at radius 3 is 2.32 bits per heavy atom. The normalized spacial score (nSPS) is 12.8. The van der Waals surface area contributed by atoms with Crippen LogP contribution in [0.5, 0.6) is 0 Å². The molecule has 0 aliphatic rings. The van der Waals surface area contributed by atoms with Gasteiger partial charge in [-0.05, 0) is 62.5 Å². The van der Waals surface area contributed by atoms with E-state index in [-0.39, 0.29) is 16.8 Å². The minimum atomic E-state index is -3.79. The average Bonchev–Trinajstić information content (AvgIpc) is 2.63. The van der Waals surface area contributed by atoms with Crippen LogP contribution in [0.3, 0.4) is 0 Å². The summed E-state index contributed by atoms with van der Waals surface area (Å²) in [6, 6.07) is 13.0. The molecule has 152 valence electrons. The van der Waals surface area contributed by atoms with Crippen molar-refractivity contribution in [3.05, 3.63) is 58.6 Å². The van der Waals surface area contributed by atoms with Gasteiger partial charge in [0.05, 0.1) is 4.90 Å². The maximum Gasteiger partial charge on any atom is 0.261 e. The van der Waals surface area contributed by atoms with E-state index in [2.05, 4.69) is 44.7 Å². The van der Waals surface area contributed by atoms with Crippen LogP contribution >= 0.6 is 15.9 Å². The highest BCUT2D eigenvalue weighted by Crippen LogP contribution is 2.19. The molecule has 2 aromatic carbocycles. The summed E-state index contributed by atoms with van der Waals surface area (Å²) in [5.41, 5.74) is 0.753. The van der Waals surface area contributed by atoms with Gasteiger partial charge in [-0.15, -0.1) is 0 Å². The van der Waals surface area contributed by atoms with Crippen LogP contribution in [-0.2, 0) is 10.0 Å². The zero-order valence-corrected chi connectivity index (χ0v) is 18.8. The third-order valence-corrected chi connectivity index (χ3v) is 6.32. The van der Waals surface area contributed by atoms with E-state index in [1.165, 1.54) is 12.1 Å². The number of nitrogens with one attached hydrogen (secondary N) is 2. The Hall–Kier alpha value is -1.90. The monoisotopic (exact) mass is 467 g/mol. The number of likely N-dealkylation sites (N-methyl/N-ethyl adjacent to an activating group) is 1. The molecular weight excluding hydrogens is 442 g/mol. The second-order valence-corrected chi connectivity index (χ2v) is 9.72. The standard InChI is InChI=1S/C20H26BrN3O3S/c1-14(2)19(24(3)4)13-22-20(25)15-6-5-7-18(12-15)28(26,27)23-17-10-8-16(21)9-11-17/h5-12,14,19,23H,13H2,1-4H3,(H,22,25)/t19-/m0/s1. The Balaban J connectivity index is 2.14.